The van der Waals surface area contributed by atoms with Crippen molar-refractivity contribution in [2.24, 2.45) is 5.41 Å². The molecule has 0 fully saturated rings. The van der Waals surface area contributed by atoms with E-state index in [0.29, 0.717) is 59.5 Å². The Balaban J connectivity index is 4.06. The average molecular weight is 344 g/mol. The molecule has 0 bridgehead atoms. The molecule has 6 nitrogen and oxygen atoms in total. The summed E-state index contributed by atoms with van der Waals surface area (Å²) in [5, 5.41) is 0. The van der Waals surface area contributed by atoms with Crippen molar-refractivity contribution in [2.45, 2.75) is 13.3 Å². The highest BCUT2D eigenvalue weighted by atomic mass is 16.5. The van der Waals surface area contributed by atoms with E-state index >= 15 is 0 Å². The van der Waals surface area contributed by atoms with Crippen LogP contribution in [0.5, 0.6) is 0 Å². The molecule has 0 unspecified atom stereocenters. The Morgan fingerprint density at radius 2 is 1.04 bits per heavy atom. The van der Waals surface area contributed by atoms with Crippen LogP contribution in [0.15, 0.2) is 38.5 Å². The van der Waals surface area contributed by atoms with Gasteiger partial charge in [-0.2, -0.15) is 0 Å². The lowest BCUT2D eigenvalue weighted by atomic mass is 9.89. The second kappa shape index (κ2) is 16.4. The van der Waals surface area contributed by atoms with Crippen molar-refractivity contribution in [3.8, 4) is 0 Å². The molecular weight excluding hydrogens is 312 g/mol. The maximum atomic E-state index is 5.68. The van der Waals surface area contributed by atoms with Gasteiger partial charge in [-0.15, -0.1) is 0 Å². The predicted octanol–water partition coefficient (Wildman–Crippen LogP) is 2.91. The summed E-state index contributed by atoms with van der Waals surface area (Å²) >= 11 is 0. The van der Waals surface area contributed by atoms with E-state index in [4.69, 9.17) is 28.4 Å². The van der Waals surface area contributed by atoms with Crippen molar-refractivity contribution in [3.05, 3.63) is 38.5 Å². The van der Waals surface area contributed by atoms with Crippen LogP contribution in [-0.4, -0.2) is 59.5 Å². The minimum Gasteiger partial charge on any atom is -0.499 e. The van der Waals surface area contributed by atoms with Gasteiger partial charge in [-0.1, -0.05) is 26.7 Å². The quantitative estimate of drug-likeness (QED) is 0.265. The molecule has 0 heterocycles. The summed E-state index contributed by atoms with van der Waals surface area (Å²) in [5.41, 5.74) is -0.151. The predicted molar refractivity (Wildman–Crippen MR) is 93.6 cm³/mol. The molecule has 0 rings (SSSR count). The van der Waals surface area contributed by atoms with Crippen LogP contribution in [0.3, 0.4) is 0 Å². The fraction of sp³-hybridized carbons (Fsp3) is 0.667. The van der Waals surface area contributed by atoms with E-state index in [0.717, 1.165) is 6.42 Å². The molecule has 24 heavy (non-hydrogen) atoms. The summed E-state index contributed by atoms with van der Waals surface area (Å²) < 4.78 is 32.0. The summed E-state index contributed by atoms with van der Waals surface area (Å²) in [6.45, 7) is 17.3. The lowest BCUT2D eigenvalue weighted by Crippen LogP contribution is -2.32. The molecule has 0 aliphatic heterocycles. The second-order valence-electron chi connectivity index (χ2n) is 5.39. The molecule has 0 saturated carbocycles. The van der Waals surface area contributed by atoms with Crippen molar-refractivity contribution in [1.29, 1.82) is 0 Å². The number of hydrogen-bond donors (Lipinski definition) is 0. The zero-order valence-electron chi connectivity index (χ0n) is 14.9. The molecule has 0 aromatic carbocycles. The van der Waals surface area contributed by atoms with E-state index < -0.39 is 0 Å². The van der Waals surface area contributed by atoms with Crippen LogP contribution in [0.1, 0.15) is 13.3 Å². The van der Waals surface area contributed by atoms with Gasteiger partial charge in [-0.25, -0.2) is 0 Å². The topological polar surface area (TPSA) is 55.4 Å². The van der Waals surface area contributed by atoms with Gasteiger partial charge in [0.15, 0.2) is 0 Å². The summed E-state index contributed by atoms with van der Waals surface area (Å²) in [6.07, 6.45) is 5.03. The minimum atomic E-state index is -0.151. The highest BCUT2D eigenvalue weighted by molar-refractivity contribution is 4.74. The number of hydrogen-bond acceptors (Lipinski definition) is 6. The Morgan fingerprint density at radius 1 is 0.625 bits per heavy atom. The minimum absolute atomic E-state index is 0.151. The fourth-order valence-corrected chi connectivity index (χ4v) is 1.81. The van der Waals surface area contributed by atoms with Gasteiger partial charge in [0.25, 0.3) is 0 Å². The first-order valence-electron chi connectivity index (χ1n) is 8.09. The number of ether oxygens (including phenoxy) is 6. The van der Waals surface area contributed by atoms with E-state index in [2.05, 4.69) is 26.7 Å². The Hall–Kier alpha value is -1.50. The molecule has 0 N–H and O–H groups in total. The molecule has 140 valence electrons. The zero-order valence-corrected chi connectivity index (χ0v) is 14.9. The van der Waals surface area contributed by atoms with E-state index in [9.17, 15) is 0 Å². The largest absolute Gasteiger partial charge is 0.499 e. The molecule has 0 radical (unpaired) electrons. The molecular formula is C18H32O6. The van der Waals surface area contributed by atoms with Crippen LogP contribution in [0.4, 0.5) is 0 Å². The SMILES string of the molecule is C=COCCOCCC(C)(COCCOC=C)COCCOC=C. The van der Waals surface area contributed by atoms with Crippen molar-refractivity contribution in [1.82, 2.24) is 0 Å². The number of rotatable bonds is 19. The lowest BCUT2D eigenvalue weighted by molar-refractivity contribution is -0.0451. The van der Waals surface area contributed by atoms with Crippen LogP contribution in [0, 0.1) is 5.41 Å². The second-order valence-corrected chi connectivity index (χ2v) is 5.39. The Bertz CT molecular complexity index is 301. The molecule has 0 aromatic rings. The van der Waals surface area contributed by atoms with Crippen LogP contribution in [0.25, 0.3) is 0 Å². The first-order chi connectivity index (χ1) is 11.7. The summed E-state index contributed by atoms with van der Waals surface area (Å²) in [5.74, 6) is 0. The summed E-state index contributed by atoms with van der Waals surface area (Å²) in [7, 11) is 0. The third-order valence-electron chi connectivity index (χ3n) is 3.14. The zero-order chi connectivity index (χ0) is 17.9. The Morgan fingerprint density at radius 3 is 1.46 bits per heavy atom. The molecule has 0 spiro atoms. The lowest BCUT2D eigenvalue weighted by Gasteiger charge is -2.29. The molecule has 0 atom stereocenters. The van der Waals surface area contributed by atoms with Crippen molar-refractivity contribution < 1.29 is 28.4 Å². The Labute approximate surface area is 146 Å². The van der Waals surface area contributed by atoms with Crippen molar-refractivity contribution >= 4 is 0 Å². The van der Waals surface area contributed by atoms with Crippen LogP contribution < -0.4 is 0 Å². The van der Waals surface area contributed by atoms with Crippen LogP contribution in [-0.2, 0) is 28.4 Å². The van der Waals surface area contributed by atoms with E-state index in [1.54, 1.807) is 0 Å². The first-order valence-corrected chi connectivity index (χ1v) is 8.09. The van der Waals surface area contributed by atoms with E-state index in [-0.39, 0.29) is 5.41 Å². The van der Waals surface area contributed by atoms with E-state index in [1.165, 1.54) is 18.8 Å². The molecule has 0 saturated heterocycles. The molecule has 0 aromatic heterocycles. The van der Waals surface area contributed by atoms with Gasteiger partial charge in [-0.3, -0.25) is 0 Å². The van der Waals surface area contributed by atoms with Gasteiger partial charge < -0.3 is 28.4 Å². The summed E-state index contributed by atoms with van der Waals surface area (Å²) in [4.78, 5) is 0. The normalized spacial score (nSPS) is 10.9. The summed E-state index contributed by atoms with van der Waals surface area (Å²) in [6, 6.07) is 0. The monoisotopic (exact) mass is 344 g/mol. The third kappa shape index (κ3) is 14.1. The van der Waals surface area contributed by atoms with Crippen LogP contribution in [0.2, 0.25) is 0 Å². The van der Waals surface area contributed by atoms with Gasteiger partial charge in [0.2, 0.25) is 0 Å². The first kappa shape index (κ1) is 22.5. The molecule has 0 amide bonds. The third-order valence-corrected chi connectivity index (χ3v) is 3.14. The van der Waals surface area contributed by atoms with Gasteiger partial charge in [0.1, 0.15) is 19.8 Å². The van der Waals surface area contributed by atoms with Crippen molar-refractivity contribution in [3.63, 3.8) is 0 Å². The standard InChI is InChI=1S/C18H32O6/c1-5-19-10-13-22-9-8-18(4,16-23-14-11-20-6-2)17-24-15-12-21-7-3/h5-7H,1-3,8-17H2,4H3. The van der Waals surface area contributed by atoms with Gasteiger partial charge in [0, 0.05) is 12.0 Å². The van der Waals surface area contributed by atoms with E-state index in [1.807, 2.05) is 0 Å². The maximum Gasteiger partial charge on any atom is 0.111 e. The fourth-order valence-electron chi connectivity index (χ4n) is 1.81. The maximum absolute atomic E-state index is 5.68. The van der Waals surface area contributed by atoms with Crippen molar-refractivity contribution in [2.75, 3.05) is 59.5 Å². The molecule has 0 aliphatic rings. The highest BCUT2D eigenvalue weighted by Gasteiger charge is 2.25. The average Bonchev–Trinajstić information content (AvgIpc) is 2.58. The Kier molecular flexibility index (Phi) is 15.3. The smallest absolute Gasteiger partial charge is 0.111 e. The van der Waals surface area contributed by atoms with Gasteiger partial charge in [0.05, 0.1) is 51.8 Å². The molecule has 0 aliphatic carbocycles. The van der Waals surface area contributed by atoms with Crippen LogP contribution >= 0.6 is 0 Å². The molecule has 6 heteroatoms. The highest BCUT2D eigenvalue weighted by Crippen LogP contribution is 2.22. The van der Waals surface area contributed by atoms with Gasteiger partial charge >= 0.3 is 0 Å². The van der Waals surface area contributed by atoms with Gasteiger partial charge in [-0.05, 0) is 6.42 Å².